The van der Waals surface area contributed by atoms with E-state index in [0.29, 0.717) is 12.6 Å². The van der Waals surface area contributed by atoms with Gasteiger partial charge in [-0.25, -0.2) is 0 Å². The minimum absolute atomic E-state index is 0.111. The van der Waals surface area contributed by atoms with Crippen LogP contribution in [0.2, 0.25) is 0 Å². The van der Waals surface area contributed by atoms with Gasteiger partial charge >= 0.3 is 0 Å². The van der Waals surface area contributed by atoms with Gasteiger partial charge in [0, 0.05) is 12.6 Å². The maximum Gasteiger partial charge on any atom is 0.156 e. The number of rotatable bonds is 5. The molecular weight excluding hydrogens is 206 g/mol. The van der Waals surface area contributed by atoms with Crippen molar-refractivity contribution in [3.05, 3.63) is 0 Å². The lowest BCUT2D eigenvalue weighted by molar-refractivity contribution is 0.109. The van der Waals surface area contributed by atoms with Crippen molar-refractivity contribution < 1.29 is 10.3 Å². The number of hydrogen-bond acceptors (Lipinski definition) is 4. The van der Waals surface area contributed by atoms with Crippen LogP contribution in [0.1, 0.15) is 39.0 Å². The van der Waals surface area contributed by atoms with Crippen LogP contribution < -0.4 is 5.73 Å². The summed E-state index contributed by atoms with van der Waals surface area (Å²) in [5, 5.41) is 20.8. The molecular formula is C11H23N3O2. The molecule has 1 rings (SSSR count). The van der Waals surface area contributed by atoms with Crippen molar-refractivity contribution in [1.29, 1.82) is 0 Å². The summed E-state index contributed by atoms with van der Waals surface area (Å²) in [7, 11) is 0. The smallest absolute Gasteiger partial charge is 0.156 e. The van der Waals surface area contributed by atoms with Crippen molar-refractivity contribution in [1.82, 2.24) is 4.90 Å². The Hall–Kier alpha value is -0.810. The molecule has 0 heterocycles. The summed E-state index contributed by atoms with van der Waals surface area (Å²) >= 11 is 0. The molecule has 0 aliphatic heterocycles. The first-order chi connectivity index (χ1) is 7.70. The van der Waals surface area contributed by atoms with E-state index in [0.717, 1.165) is 12.8 Å². The van der Waals surface area contributed by atoms with Gasteiger partial charge in [-0.3, -0.25) is 4.90 Å². The normalized spacial score (nSPS) is 21.3. The Morgan fingerprint density at radius 1 is 1.44 bits per heavy atom. The molecule has 0 aromatic rings. The lowest BCUT2D eigenvalue weighted by Gasteiger charge is -2.37. The Labute approximate surface area is 96.9 Å². The number of nitrogens with zero attached hydrogens (tertiary/aromatic N) is 2. The van der Waals surface area contributed by atoms with Crippen molar-refractivity contribution in [3.63, 3.8) is 0 Å². The van der Waals surface area contributed by atoms with Gasteiger partial charge < -0.3 is 16.0 Å². The van der Waals surface area contributed by atoms with Gasteiger partial charge in [-0.2, -0.15) is 0 Å². The van der Waals surface area contributed by atoms with E-state index in [1.807, 2.05) is 6.92 Å². The molecule has 0 radical (unpaired) electrons. The van der Waals surface area contributed by atoms with Crippen LogP contribution in [0.15, 0.2) is 5.16 Å². The van der Waals surface area contributed by atoms with Gasteiger partial charge in [0.05, 0.1) is 12.6 Å². The van der Waals surface area contributed by atoms with Crippen LogP contribution in [0.3, 0.4) is 0 Å². The molecule has 5 heteroatoms. The van der Waals surface area contributed by atoms with Crippen molar-refractivity contribution in [2.45, 2.75) is 51.1 Å². The third kappa shape index (κ3) is 3.35. The Kier molecular flexibility index (Phi) is 5.55. The van der Waals surface area contributed by atoms with E-state index in [2.05, 4.69) is 10.1 Å². The van der Waals surface area contributed by atoms with E-state index in [9.17, 15) is 0 Å². The molecule has 0 spiro atoms. The average Bonchev–Trinajstić information content (AvgIpc) is 2.35. The molecule has 1 unspecified atom stereocenters. The maximum absolute atomic E-state index is 9.09. The summed E-state index contributed by atoms with van der Waals surface area (Å²) < 4.78 is 0. The monoisotopic (exact) mass is 229 g/mol. The molecule has 5 nitrogen and oxygen atoms in total. The lowest BCUT2D eigenvalue weighted by Crippen LogP contribution is -2.50. The second-order valence-electron chi connectivity index (χ2n) is 4.45. The first-order valence-corrected chi connectivity index (χ1v) is 6.04. The fourth-order valence-corrected chi connectivity index (χ4v) is 2.47. The topological polar surface area (TPSA) is 82.1 Å². The third-order valence-electron chi connectivity index (χ3n) is 3.44. The predicted octanol–water partition coefficient (Wildman–Crippen LogP) is 0.748. The highest BCUT2D eigenvalue weighted by atomic mass is 16.4. The van der Waals surface area contributed by atoms with Crippen LogP contribution in [0.25, 0.3) is 0 Å². The first kappa shape index (κ1) is 13.3. The largest absolute Gasteiger partial charge is 0.409 e. The zero-order chi connectivity index (χ0) is 12.0. The fraction of sp³-hybridized carbons (Fsp3) is 0.909. The second kappa shape index (κ2) is 6.70. The maximum atomic E-state index is 9.09. The molecule has 0 amide bonds. The van der Waals surface area contributed by atoms with Gasteiger partial charge in [-0.05, 0) is 19.8 Å². The van der Waals surface area contributed by atoms with Gasteiger partial charge in [0.2, 0.25) is 0 Å². The van der Waals surface area contributed by atoms with Gasteiger partial charge in [0.25, 0.3) is 0 Å². The minimum atomic E-state index is -0.111. The number of aliphatic hydroxyl groups is 1. The van der Waals surface area contributed by atoms with Gasteiger partial charge in [-0.1, -0.05) is 24.4 Å². The Balaban J connectivity index is 2.64. The average molecular weight is 229 g/mol. The summed E-state index contributed by atoms with van der Waals surface area (Å²) in [6, 6.07) is 0.344. The van der Waals surface area contributed by atoms with Gasteiger partial charge in [0.1, 0.15) is 0 Å². The standard InChI is InChI=1S/C11H23N3O2/c1-9(11(12)13-16)14(7-8-15)10-5-3-2-4-6-10/h9-10,15-16H,2-8H2,1H3,(H2,12,13). The van der Waals surface area contributed by atoms with E-state index >= 15 is 0 Å². The van der Waals surface area contributed by atoms with Crippen LogP contribution in [0.4, 0.5) is 0 Å². The highest BCUT2D eigenvalue weighted by molar-refractivity contribution is 5.84. The SMILES string of the molecule is CC(C(N)=NO)N(CCO)C1CCCCC1. The minimum Gasteiger partial charge on any atom is -0.409 e. The number of aliphatic hydroxyl groups excluding tert-OH is 1. The van der Waals surface area contributed by atoms with E-state index in [-0.39, 0.29) is 18.5 Å². The summed E-state index contributed by atoms with van der Waals surface area (Å²) in [5.74, 6) is 0.221. The van der Waals surface area contributed by atoms with Crippen molar-refractivity contribution in [3.8, 4) is 0 Å². The molecule has 0 bridgehead atoms. The van der Waals surface area contributed by atoms with Gasteiger partial charge in [0.15, 0.2) is 5.84 Å². The van der Waals surface area contributed by atoms with E-state index in [1.165, 1.54) is 19.3 Å². The molecule has 1 fully saturated rings. The third-order valence-corrected chi connectivity index (χ3v) is 3.44. The molecule has 1 aliphatic carbocycles. The Morgan fingerprint density at radius 3 is 2.56 bits per heavy atom. The zero-order valence-electron chi connectivity index (χ0n) is 9.97. The molecule has 0 saturated heterocycles. The summed E-state index contributed by atoms with van der Waals surface area (Å²) in [6.45, 7) is 2.61. The Morgan fingerprint density at radius 2 is 2.06 bits per heavy atom. The molecule has 16 heavy (non-hydrogen) atoms. The Bertz CT molecular complexity index is 227. The number of nitrogens with two attached hydrogens (primary N) is 1. The summed E-state index contributed by atoms with van der Waals surface area (Å²) in [4.78, 5) is 2.15. The highest BCUT2D eigenvalue weighted by Gasteiger charge is 2.26. The molecule has 94 valence electrons. The van der Waals surface area contributed by atoms with Crippen LogP contribution >= 0.6 is 0 Å². The highest BCUT2D eigenvalue weighted by Crippen LogP contribution is 2.23. The second-order valence-corrected chi connectivity index (χ2v) is 4.45. The molecule has 4 N–H and O–H groups in total. The van der Waals surface area contributed by atoms with E-state index < -0.39 is 0 Å². The van der Waals surface area contributed by atoms with Crippen molar-refractivity contribution in [2.75, 3.05) is 13.2 Å². The molecule has 0 aromatic carbocycles. The van der Waals surface area contributed by atoms with Crippen LogP contribution in [-0.2, 0) is 0 Å². The van der Waals surface area contributed by atoms with Gasteiger partial charge in [-0.15, -0.1) is 0 Å². The van der Waals surface area contributed by atoms with E-state index in [1.54, 1.807) is 0 Å². The van der Waals surface area contributed by atoms with Crippen LogP contribution in [0.5, 0.6) is 0 Å². The molecule has 1 saturated carbocycles. The predicted molar refractivity (Wildman–Crippen MR) is 63.5 cm³/mol. The quantitative estimate of drug-likeness (QED) is 0.281. The summed E-state index contributed by atoms with van der Waals surface area (Å²) in [6.07, 6.45) is 6.04. The molecule has 1 atom stereocenters. The van der Waals surface area contributed by atoms with Crippen LogP contribution in [0, 0.1) is 0 Å². The lowest BCUT2D eigenvalue weighted by atomic mass is 9.93. The van der Waals surface area contributed by atoms with Crippen LogP contribution in [-0.4, -0.2) is 46.3 Å². The first-order valence-electron chi connectivity index (χ1n) is 6.04. The molecule has 0 aromatic heterocycles. The molecule has 1 aliphatic rings. The summed E-state index contributed by atoms with van der Waals surface area (Å²) in [5.41, 5.74) is 5.63. The fourth-order valence-electron chi connectivity index (χ4n) is 2.47. The number of oxime groups is 1. The van der Waals surface area contributed by atoms with E-state index in [4.69, 9.17) is 16.0 Å². The number of hydrogen-bond donors (Lipinski definition) is 3. The zero-order valence-corrected chi connectivity index (χ0v) is 9.97. The van der Waals surface area contributed by atoms with Crippen molar-refractivity contribution in [2.24, 2.45) is 10.9 Å². The number of amidine groups is 1. The van der Waals surface area contributed by atoms with Crippen molar-refractivity contribution >= 4 is 5.84 Å².